The minimum Gasteiger partial charge on any atom is -0.462 e. The Morgan fingerprint density at radius 2 is 1.01 bits per heavy atom. The lowest BCUT2D eigenvalue weighted by Gasteiger charge is -2.40. The van der Waals surface area contributed by atoms with Crippen molar-refractivity contribution in [2.24, 2.45) is 17.8 Å². The van der Waals surface area contributed by atoms with Crippen molar-refractivity contribution in [2.75, 3.05) is 39.6 Å². The van der Waals surface area contributed by atoms with E-state index in [1.807, 2.05) is 51.6 Å². The smallest absolute Gasteiger partial charge is 0.357 e. The second-order valence-corrected chi connectivity index (χ2v) is 30.6. The van der Waals surface area contributed by atoms with Gasteiger partial charge in [-0.1, -0.05) is 131 Å². The first-order valence-electron chi connectivity index (χ1n) is 25.0. The maximum Gasteiger partial charge on any atom is 0.357 e. The standard InChI is InChI=1S/C52H76O10P2S4/c1-8-59-63(55,60-9-2)51(65-38-42-22-20-41(7)21-23-42)45-28-32-49(36-45,67-51)30-18-16-14-12-13-15-17-19-31-50-33-29-46(37-50)52(68-50,64(56,61-10-3)62-11-4)66-39-43-24-26-44(27-25-43)48(54)58-35-34-57-47(53)40(5)6/h20-29,32-33,40,45-46H,8-19,30-31,34-39H2,1-7H3. The van der Waals surface area contributed by atoms with Crippen LogP contribution in [0.25, 0.3) is 0 Å². The van der Waals surface area contributed by atoms with E-state index in [1.54, 1.807) is 61.3 Å². The fourth-order valence-electron chi connectivity index (χ4n) is 9.75. The van der Waals surface area contributed by atoms with Crippen molar-refractivity contribution < 1.29 is 46.3 Å². The summed E-state index contributed by atoms with van der Waals surface area (Å²) in [7, 11) is -6.98. The number of fused-ring (bicyclic) bond motifs is 4. The van der Waals surface area contributed by atoms with Crippen molar-refractivity contribution in [1.29, 1.82) is 0 Å². The molecule has 0 amide bonds. The minimum atomic E-state index is -3.55. The van der Waals surface area contributed by atoms with Crippen LogP contribution in [0.5, 0.6) is 0 Å². The quantitative estimate of drug-likeness (QED) is 0.0299. The zero-order valence-electron chi connectivity index (χ0n) is 41.4. The van der Waals surface area contributed by atoms with Crippen LogP contribution in [-0.4, -0.2) is 68.7 Å². The lowest BCUT2D eigenvalue weighted by Crippen LogP contribution is -2.30. The first-order valence-corrected chi connectivity index (χ1v) is 31.7. The molecular weight excluding hydrogens is 975 g/mol. The third kappa shape index (κ3) is 13.2. The Morgan fingerprint density at radius 1 is 0.618 bits per heavy atom. The van der Waals surface area contributed by atoms with Gasteiger partial charge in [0.1, 0.15) is 13.2 Å². The predicted molar refractivity (Wildman–Crippen MR) is 285 cm³/mol. The highest BCUT2D eigenvalue weighted by atomic mass is 32.2. The van der Waals surface area contributed by atoms with Crippen LogP contribution in [0.3, 0.4) is 0 Å². The molecule has 10 nitrogen and oxygen atoms in total. The number of unbranched alkanes of at least 4 members (excludes halogenated alkanes) is 7. The molecule has 16 heteroatoms. The molecule has 6 unspecified atom stereocenters. The summed E-state index contributed by atoms with van der Waals surface area (Å²) >= 11 is 7.08. The van der Waals surface area contributed by atoms with Crippen LogP contribution >= 0.6 is 62.2 Å². The Bertz CT molecular complexity index is 2100. The number of hydrogen-bond acceptors (Lipinski definition) is 14. The molecule has 6 atom stereocenters. The van der Waals surface area contributed by atoms with E-state index < -0.39 is 28.8 Å². The van der Waals surface area contributed by atoms with Crippen LogP contribution in [0.2, 0.25) is 0 Å². The maximum absolute atomic E-state index is 14.8. The van der Waals surface area contributed by atoms with Gasteiger partial charge in [-0.05, 0) is 83.6 Å². The Balaban J connectivity index is 0.949. The van der Waals surface area contributed by atoms with Crippen LogP contribution in [-0.2, 0) is 53.0 Å². The highest BCUT2D eigenvalue weighted by Crippen LogP contribution is 2.82. The topological polar surface area (TPSA) is 124 Å². The normalized spacial score (nSPS) is 26.1. The van der Waals surface area contributed by atoms with Gasteiger partial charge in [-0.25, -0.2) is 4.79 Å². The molecule has 2 heterocycles. The average Bonchev–Trinajstić information content (AvgIpc) is 4.10. The number of esters is 2. The number of carbonyl (C=O) groups is 2. The molecule has 2 aliphatic heterocycles. The van der Waals surface area contributed by atoms with E-state index in [9.17, 15) is 18.7 Å². The number of thioether (sulfide) groups is 4. The molecule has 378 valence electrons. The number of rotatable bonds is 32. The zero-order chi connectivity index (χ0) is 48.9. The second kappa shape index (κ2) is 25.5. The monoisotopic (exact) mass is 1050 g/mol. The Hall–Kier alpha value is -1.44. The predicted octanol–water partition coefficient (Wildman–Crippen LogP) is 15.4. The van der Waals surface area contributed by atoms with E-state index in [4.69, 9.17) is 27.6 Å². The van der Waals surface area contributed by atoms with Crippen molar-refractivity contribution in [3.05, 3.63) is 95.1 Å². The molecule has 0 N–H and O–H groups in total. The van der Waals surface area contributed by atoms with Crippen molar-refractivity contribution in [3.63, 3.8) is 0 Å². The van der Waals surface area contributed by atoms with Crippen LogP contribution in [0, 0.1) is 24.7 Å². The summed E-state index contributed by atoms with van der Waals surface area (Å²) in [4.78, 5) is 24.4. The molecule has 0 aromatic heterocycles. The molecule has 2 fully saturated rings. The Kier molecular flexibility index (Phi) is 20.9. The van der Waals surface area contributed by atoms with Crippen LogP contribution in [0.1, 0.15) is 146 Å². The highest BCUT2D eigenvalue weighted by Gasteiger charge is 2.68. The van der Waals surface area contributed by atoms with E-state index in [1.165, 1.54) is 49.7 Å². The summed E-state index contributed by atoms with van der Waals surface area (Å²) in [6.07, 6.45) is 22.8. The second-order valence-electron chi connectivity index (χ2n) is 18.6. The summed E-state index contributed by atoms with van der Waals surface area (Å²) in [5, 5.41) is 0. The van der Waals surface area contributed by atoms with Gasteiger partial charge in [0.05, 0.1) is 37.9 Å². The SMILES string of the molecule is CCOP(=O)(OCC)C1(SCc2ccc(C)cc2)SC2(CCCCCCCCCCC34C=CC(C3)C(SCc3ccc(C(=O)OCCOC(=O)C(C)C)cc3)(P(=O)(OCC)OCC)S4)C=CC1C2. The fourth-order valence-corrected chi connectivity index (χ4v) is 24.9. The number of ether oxygens (including phenoxy) is 2. The molecule has 4 bridgehead atoms. The number of allylic oxidation sites excluding steroid dienone is 2. The largest absolute Gasteiger partial charge is 0.462 e. The van der Waals surface area contributed by atoms with Crippen molar-refractivity contribution in [2.45, 2.75) is 154 Å². The van der Waals surface area contributed by atoms with Gasteiger partial charge < -0.3 is 27.6 Å². The van der Waals surface area contributed by atoms with Gasteiger partial charge in [0.25, 0.3) is 0 Å². The molecule has 2 saturated heterocycles. The van der Waals surface area contributed by atoms with Gasteiger partial charge in [0, 0.05) is 32.8 Å². The molecule has 6 rings (SSSR count). The first-order chi connectivity index (χ1) is 32.6. The van der Waals surface area contributed by atoms with Crippen LogP contribution < -0.4 is 0 Å². The van der Waals surface area contributed by atoms with Gasteiger partial charge in [-0.3, -0.25) is 13.9 Å². The van der Waals surface area contributed by atoms with Gasteiger partial charge in [-0.15, -0.1) is 47.0 Å². The third-order valence-electron chi connectivity index (χ3n) is 13.2. The molecule has 2 aromatic carbocycles. The number of hydrogen-bond donors (Lipinski definition) is 0. The van der Waals surface area contributed by atoms with Crippen molar-refractivity contribution >= 4 is 74.2 Å². The van der Waals surface area contributed by atoms with Crippen LogP contribution in [0.4, 0.5) is 0 Å². The lowest BCUT2D eigenvalue weighted by atomic mass is 9.96. The van der Waals surface area contributed by atoms with Crippen molar-refractivity contribution in [1.82, 2.24) is 0 Å². The molecular formula is C52H76O10P2S4. The first kappa shape index (κ1) is 55.9. The van der Waals surface area contributed by atoms with Gasteiger partial charge in [-0.2, -0.15) is 0 Å². The fraction of sp³-hybridized carbons (Fsp3) is 0.654. The molecule has 2 aliphatic carbocycles. The van der Waals surface area contributed by atoms with Crippen LogP contribution in [0.15, 0.2) is 72.8 Å². The molecule has 4 aliphatic rings. The van der Waals surface area contributed by atoms with E-state index in [0.717, 1.165) is 49.8 Å². The summed E-state index contributed by atoms with van der Waals surface area (Å²) in [6.45, 7) is 14.5. The van der Waals surface area contributed by atoms with Gasteiger partial charge in [0.2, 0.25) is 0 Å². The Morgan fingerprint density at radius 3 is 1.43 bits per heavy atom. The van der Waals surface area contributed by atoms with E-state index in [-0.39, 0.29) is 46.4 Å². The highest BCUT2D eigenvalue weighted by molar-refractivity contribution is 8.26. The molecule has 0 radical (unpaired) electrons. The molecule has 0 saturated carbocycles. The van der Waals surface area contributed by atoms with E-state index in [0.29, 0.717) is 37.7 Å². The number of aryl methyl sites for hydroxylation is 1. The van der Waals surface area contributed by atoms with Gasteiger partial charge in [0.15, 0.2) is 7.64 Å². The zero-order valence-corrected chi connectivity index (χ0v) is 46.5. The summed E-state index contributed by atoms with van der Waals surface area (Å²) < 4.78 is 62.8. The van der Waals surface area contributed by atoms with Crippen molar-refractivity contribution in [3.8, 4) is 0 Å². The number of benzene rings is 2. The molecule has 2 aromatic rings. The molecule has 68 heavy (non-hydrogen) atoms. The minimum absolute atomic E-state index is 0.00861. The summed E-state index contributed by atoms with van der Waals surface area (Å²) in [5.74, 6) is 0.482. The molecule has 0 spiro atoms. The maximum atomic E-state index is 14.8. The average molecular weight is 1050 g/mol. The summed E-state index contributed by atoms with van der Waals surface area (Å²) in [6, 6.07) is 15.9. The van der Waals surface area contributed by atoms with Gasteiger partial charge >= 0.3 is 27.1 Å². The summed E-state index contributed by atoms with van der Waals surface area (Å²) in [5.41, 5.74) is 3.88. The van der Waals surface area contributed by atoms with E-state index in [2.05, 4.69) is 55.5 Å². The third-order valence-corrected chi connectivity index (χ3v) is 28.4. The lowest BCUT2D eigenvalue weighted by molar-refractivity contribution is -0.148. The Labute approximate surface area is 424 Å². The van der Waals surface area contributed by atoms with E-state index >= 15 is 0 Å². The number of carbonyl (C=O) groups excluding carboxylic acids is 2.